The van der Waals surface area contributed by atoms with Crippen molar-refractivity contribution in [1.82, 2.24) is 9.55 Å². The first-order valence-corrected chi connectivity index (χ1v) is 10.6. The van der Waals surface area contributed by atoms with E-state index in [1.54, 1.807) is 22.8 Å². The lowest BCUT2D eigenvalue weighted by Gasteiger charge is -2.14. The Kier molecular flexibility index (Phi) is 5.26. The predicted octanol–water partition coefficient (Wildman–Crippen LogP) is 5.55. The first-order valence-electron chi connectivity index (χ1n) is 9.38. The minimum Gasteiger partial charge on any atom is -0.475 e. The summed E-state index contributed by atoms with van der Waals surface area (Å²) in [4.78, 5) is 31.2. The molecule has 0 spiro atoms. The van der Waals surface area contributed by atoms with Gasteiger partial charge in [0, 0.05) is 21.4 Å². The number of halogens is 1. The molecule has 1 aromatic carbocycles. The van der Waals surface area contributed by atoms with Gasteiger partial charge in [0.25, 0.3) is 5.56 Å². The maximum Gasteiger partial charge on any atom is 0.371 e. The van der Waals surface area contributed by atoms with Crippen LogP contribution in [-0.2, 0) is 6.54 Å². The monoisotopic (exact) mass is 442 g/mol. The van der Waals surface area contributed by atoms with Gasteiger partial charge < -0.3 is 9.52 Å². The molecular formula is C22H19ClN2O4S. The molecule has 0 amide bonds. The smallest absolute Gasteiger partial charge is 0.371 e. The molecule has 0 atom stereocenters. The molecule has 4 aromatic rings. The van der Waals surface area contributed by atoms with Gasteiger partial charge in [0.1, 0.15) is 16.4 Å². The van der Waals surface area contributed by atoms with Crippen LogP contribution in [0.2, 0.25) is 5.02 Å². The lowest BCUT2D eigenvalue weighted by molar-refractivity contribution is 0.0660. The number of carboxylic acid groups (broad SMARTS) is 1. The van der Waals surface area contributed by atoms with Crippen LogP contribution in [0.25, 0.3) is 21.3 Å². The van der Waals surface area contributed by atoms with Crippen LogP contribution in [0.15, 0.2) is 45.6 Å². The number of benzene rings is 1. The highest BCUT2D eigenvalue weighted by Crippen LogP contribution is 2.36. The van der Waals surface area contributed by atoms with E-state index in [-0.39, 0.29) is 23.8 Å². The van der Waals surface area contributed by atoms with Crippen molar-refractivity contribution >= 4 is 39.1 Å². The summed E-state index contributed by atoms with van der Waals surface area (Å²) in [5, 5.41) is 10.3. The normalized spacial score (nSPS) is 11.5. The van der Waals surface area contributed by atoms with E-state index in [0.29, 0.717) is 26.8 Å². The summed E-state index contributed by atoms with van der Waals surface area (Å²) in [5.41, 5.74) is 1.57. The summed E-state index contributed by atoms with van der Waals surface area (Å²) in [7, 11) is 0. The number of nitrogens with zero attached hydrogens (tertiary/aromatic N) is 2. The van der Waals surface area contributed by atoms with Gasteiger partial charge in [-0.25, -0.2) is 9.78 Å². The van der Waals surface area contributed by atoms with Crippen molar-refractivity contribution in [3.8, 4) is 11.1 Å². The summed E-state index contributed by atoms with van der Waals surface area (Å²) in [6.07, 6.45) is 0. The molecule has 0 radical (unpaired) electrons. The molecule has 4 rings (SSSR count). The Balaban J connectivity index is 1.94. The third kappa shape index (κ3) is 3.55. The number of rotatable bonds is 5. The second-order valence-corrected chi connectivity index (χ2v) is 8.95. The third-order valence-corrected chi connectivity index (χ3v) is 6.10. The standard InChI is InChI=1S/C22H19ClN2O4S/c1-11(2)19-24-20-18(17(12(3)30-20)13-4-6-14(23)7-5-13)21(26)25(19)10-15-8-9-16(29-15)22(27)28/h4-9,11H,10H2,1-3H3,(H,27,28). The summed E-state index contributed by atoms with van der Waals surface area (Å²) >= 11 is 7.52. The molecular weight excluding hydrogens is 424 g/mol. The topological polar surface area (TPSA) is 85.3 Å². The van der Waals surface area contributed by atoms with Crippen LogP contribution in [0, 0.1) is 6.92 Å². The average molecular weight is 443 g/mol. The highest BCUT2D eigenvalue weighted by molar-refractivity contribution is 7.19. The average Bonchev–Trinajstić information content (AvgIpc) is 3.29. The van der Waals surface area contributed by atoms with E-state index in [9.17, 15) is 9.59 Å². The van der Waals surface area contributed by atoms with Crippen molar-refractivity contribution in [3.05, 3.63) is 74.0 Å². The highest BCUT2D eigenvalue weighted by Gasteiger charge is 2.22. The quantitative estimate of drug-likeness (QED) is 0.438. The zero-order valence-electron chi connectivity index (χ0n) is 16.6. The van der Waals surface area contributed by atoms with Crippen LogP contribution < -0.4 is 5.56 Å². The van der Waals surface area contributed by atoms with Gasteiger partial charge in [-0.15, -0.1) is 11.3 Å². The van der Waals surface area contributed by atoms with E-state index < -0.39 is 5.97 Å². The van der Waals surface area contributed by atoms with Crippen molar-refractivity contribution < 1.29 is 14.3 Å². The molecule has 0 aliphatic carbocycles. The molecule has 3 heterocycles. The van der Waals surface area contributed by atoms with E-state index in [1.807, 2.05) is 32.9 Å². The molecule has 30 heavy (non-hydrogen) atoms. The Morgan fingerprint density at radius 3 is 2.53 bits per heavy atom. The number of hydrogen-bond acceptors (Lipinski definition) is 5. The van der Waals surface area contributed by atoms with Gasteiger partial charge in [-0.05, 0) is 36.8 Å². The van der Waals surface area contributed by atoms with Crippen LogP contribution in [0.1, 0.15) is 46.8 Å². The second kappa shape index (κ2) is 7.74. The Hall–Kier alpha value is -2.90. The lowest BCUT2D eigenvalue weighted by Crippen LogP contribution is -2.26. The highest BCUT2D eigenvalue weighted by atomic mass is 35.5. The summed E-state index contributed by atoms with van der Waals surface area (Å²) < 4.78 is 6.96. The molecule has 0 aliphatic rings. The molecule has 0 aliphatic heterocycles. The zero-order chi connectivity index (χ0) is 21.6. The van der Waals surface area contributed by atoms with E-state index in [1.165, 1.54) is 17.4 Å². The van der Waals surface area contributed by atoms with Crippen LogP contribution in [0.5, 0.6) is 0 Å². The van der Waals surface area contributed by atoms with Gasteiger partial charge in [0.2, 0.25) is 5.76 Å². The van der Waals surface area contributed by atoms with Gasteiger partial charge in [0.05, 0.1) is 11.9 Å². The number of aromatic carboxylic acids is 1. The fourth-order valence-electron chi connectivity index (χ4n) is 3.50. The zero-order valence-corrected chi connectivity index (χ0v) is 18.2. The SMILES string of the molecule is Cc1sc2nc(C(C)C)n(Cc3ccc(C(=O)O)o3)c(=O)c2c1-c1ccc(Cl)cc1. The summed E-state index contributed by atoms with van der Waals surface area (Å²) in [5.74, 6) is -0.296. The second-order valence-electron chi connectivity index (χ2n) is 7.31. The number of carboxylic acids is 1. The first kappa shape index (κ1) is 20.4. The van der Waals surface area contributed by atoms with E-state index in [4.69, 9.17) is 26.1 Å². The van der Waals surface area contributed by atoms with Gasteiger partial charge in [-0.3, -0.25) is 9.36 Å². The van der Waals surface area contributed by atoms with E-state index in [0.717, 1.165) is 16.0 Å². The number of fused-ring (bicyclic) bond motifs is 1. The first-order chi connectivity index (χ1) is 14.3. The lowest BCUT2D eigenvalue weighted by atomic mass is 10.0. The van der Waals surface area contributed by atoms with Crippen molar-refractivity contribution in [3.63, 3.8) is 0 Å². The molecule has 8 heteroatoms. The predicted molar refractivity (Wildman–Crippen MR) is 118 cm³/mol. The molecule has 154 valence electrons. The minimum atomic E-state index is -1.15. The number of hydrogen-bond donors (Lipinski definition) is 1. The Labute approximate surface area is 181 Å². The number of aromatic nitrogens is 2. The van der Waals surface area contributed by atoms with Crippen molar-refractivity contribution in [2.24, 2.45) is 0 Å². The van der Waals surface area contributed by atoms with Gasteiger partial charge in [0.15, 0.2) is 0 Å². The van der Waals surface area contributed by atoms with Crippen LogP contribution >= 0.6 is 22.9 Å². The number of thiophene rings is 1. The molecule has 0 bridgehead atoms. The Morgan fingerprint density at radius 1 is 1.23 bits per heavy atom. The van der Waals surface area contributed by atoms with Crippen molar-refractivity contribution in [1.29, 1.82) is 0 Å². The van der Waals surface area contributed by atoms with Gasteiger partial charge >= 0.3 is 5.97 Å². The fourth-order valence-corrected chi connectivity index (χ4v) is 4.67. The maximum absolute atomic E-state index is 13.6. The van der Waals surface area contributed by atoms with Crippen molar-refractivity contribution in [2.45, 2.75) is 33.2 Å². The molecule has 0 fully saturated rings. The van der Waals surface area contributed by atoms with Crippen LogP contribution in [0.3, 0.4) is 0 Å². The Morgan fingerprint density at radius 2 is 1.93 bits per heavy atom. The summed E-state index contributed by atoms with van der Waals surface area (Å²) in [6.45, 7) is 6.02. The van der Waals surface area contributed by atoms with E-state index >= 15 is 0 Å². The van der Waals surface area contributed by atoms with Gasteiger partial charge in [-0.2, -0.15) is 0 Å². The van der Waals surface area contributed by atoms with Crippen LogP contribution in [0.4, 0.5) is 0 Å². The molecule has 1 N–H and O–H groups in total. The largest absolute Gasteiger partial charge is 0.475 e. The molecule has 6 nitrogen and oxygen atoms in total. The fraction of sp³-hybridized carbons (Fsp3) is 0.227. The maximum atomic E-state index is 13.6. The van der Waals surface area contributed by atoms with Crippen molar-refractivity contribution in [2.75, 3.05) is 0 Å². The molecule has 0 saturated carbocycles. The van der Waals surface area contributed by atoms with Crippen LogP contribution in [-0.4, -0.2) is 20.6 Å². The minimum absolute atomic E-state index is 0.00241. The third-order valence-electron chi connectivity index (χ3n) is 4.85. The summed E-state index contributed by atoms with van der Waals surface area (Å²) in [6, 6.07) is 10.3. The number of carbonyl (C=O) groups is 1. The Bertz CT molecular complexity index is 1320. The molecule has 0 saturated heterocycles. The number of furan rings is 1. The molecule has 0 unspecified atom stereocenters. The number of aryl methyl sites for hydroxylation is 1. The van der Waals surface area contributed by atoms with Gasteiger partial charge in [-0.1, -0.05) is 37.6 Å². The van der Waals surface area contributed by atoms with E-state index in [2.05, 4.69) is 0 Å². The molecule has 3 aromatic heterocycles.